The van der Waals surface area contributed by atoms with Crippen LogP contribution in [0.3, 0.4) is 0 Å². The van der Waals surface area contributed by atoms with Crippen molar-refractivity contribution in [2.24, 2.45) is 0 Å². The topological polar surface area (TPSA) is 118 Å². The molecule has 1 fully saturated rings. The minimum atomic E-state index is -0.573. The Labute approximate surface area is 161 Å². The van der Waals surface area contributed by atoms with Crippen LogP contribution < -0.4 is 10.6 Å². The third kappa shape index (κ3) is 4.95. The van der Waals surface area contributed by atoms with Gasteiger partial charge < -0.3 is 15.1 Å². The molecular formula is C19H22N4O5. The summed E-state index contributed by atoms with van der Waals surface area (Å²) in [6.45, 7) is 2.06. The number of nitro benzene ring substituents is 1. The lowest BCUT2D eigenvalue weighted by atomic mass is 10.2. The Balaban J connectivity index is 1.51. The molecule has 0 aliphatic carbocycles. The van der Waals surface area contributed by atoms with Gasteiger partial charge in [-0.05, 0) is 44.1 Å². The molecule has 1 aliphatic heterocycles. The number of rotatable bonds is 8. The molecule has 148 valence electrons. The number of nitrogens with one attached hydrogen (secondary N) is 2. The lowest BCUT2D eigenvalue weighted by Crippen LogP contribution is -2.41. The standard InChI is InChI=1S/C19H22N4O5/c24-18(13-21-19(25)14-5-3-6-15(11-14)23(26)27)20-12-16(17-7-4-10-28-17)22-8-1-2-9-22/h3-7,10-11,16H,1-2,8-9,12-13H2,(H,20,24)(H,21,25). The van der Waals surface area contributed by atoms with Crippen LogP contribution >= 0.6 is 0 Å². The van der Waals surface area contributed by atoms with Crippen LogP contribution in [0.25, 0.3) is 0 Å². The summed E-state index contributed by atoms with van der Waals surface area (Å²) in [7, 11) is 0. The molecule has 2 amide bonds. The van der Waals surface area contributed by atoms with Crippen LogP contribution in [0.15, 0.2) is 47.1 Å². The number of hydrogen-bond acceptors (Lipinski definition) is 6. The predicted octanol–water partition coefficient (Wildman–Crippen LogP) is 1.87. The molecule has 0 saturated carbocycles. The molecule has 1 aliphatic rings. The van der Waals surface area contributed by atoms with Crippen molar-refractivity contribution in [3.63, 3.8) is 0 Å². The van der Waals surface area contributed by atoms with E-state index in [9.17, 15) is 19.7 Å². The van der Waals surface area contributed by atoms with Crippen molar-refractivity contribution in [2.45, 2.75) is 18.9 Å². The van der Waals surface area contributed by atoms with E-state index < -0.39 is 10.8 Å². The number of likely N-dealkylation sites (tertiary alicyclic amines) is 1. The number of benzene rings is 1. The minimum Gasteiger partial charge on any atom is -0.468 e. The highest BCUT2D eigenvalue weighted by Gasteiger charge is 2.26. The van der Waals surface area contributed by atoms with Crippen LogP contribution in [-0.2, 0) is 4.79 Å². The maximum atomic E-state index is 12.2. The van der Waals surface area contributed by atoms with Gasteiger partial charge in [-0.2, -0.15) is 0 Å². The zero-order chi connectivity index (χ0) is 19.9. The second-order valence-electron chi connectivity index (χ2n) is 6.57. The number of nitrogens with zero attached hydrogens (tertiary/aromatic N) is 2. The van der Waals surface area contributed by atoms with Gasteiger partial charge in [-0.3, -0.25) is 24.6 Å². The Morgan fingerprint density at radius 3 is 2.64 bits per heavy atom. The van der Waals surface area contributed by atoms with Gasteiger partial charge >= 0.3 is 0 Å². The fourth-order valence-electron chi connectivity index (χ4n) is 3.24. The highest BCUT2D eigenvalue weighted by molar-refractivity contribution is 5.96. The van der Waals surface area contributed by atoms with E-state index in [0.717, 1.165) is 31.7 Å². The van der Waals surface area contributed by atoms with Crippen LogP contribution in [0.4, 0.5) is 5.69 Å². The molecule has 2 heterocycles. The highest BCUT2D eigenvalue weighted by Crippen LogP contribution is 2.24. The molecule has 1 unspecified atom stereocenters. The summed E-state index contributed by atoms with van der Waals surface area (Å²) in [4.78, 5) is 36.8. The Bertz CT molecular complexity index is 831. The number of hydrogen-bond donors (Lipinski definition) is 2. The molecule has 2 aromatic rings. The zero-order valence-electron chi connectivity index (χ0n) is 15.3. The number of carbonyl (C=O) groups is 2. The van der Waals surface area contributed by atoms with Crippen molar-refractivity contribution in [3.8, 4) is 0 Å². The Morgan fingerprint density at radius 2 is 1.96 bits per heavy atom. The summed E-state index contributed by atoms with van der Waals surface area (Å²) in [6.07, 6.45) is 3.84. The van der Waals surface area contributed by atoms with Gasteiger partial charge in [-0.15, -0.1) is 0 Å². The molecule has 2 N–H and O–H groups in total. The van der Waals surface area contributed by atoms with Gasteiger partial charge in [0.1, 0.15) is 5.76 Å². The lowest BCUT2D eigenvalue weighted by molar-refractivity contribution is -0.384. The Kier molecular flexibility index (Phi) is 6.38. The molecule has 9 nitrogen and oxygen atoms in total. The summed E-state index contributed by atoms with van der Waals surface area (Å²) in [5.74, 6) is -0.0849. The van der Waals surface area contributed by atoms with E-state index in [1.165, 1.54) is 24.3 Å². The van der Waals surface area contributed by atoms with Crippen molar-refractivity contribution in [2.75, 3.05) is 26.2 Å². The number of furan rings is 1. The first-order valence-corrected chi connectivity index (χ1v) is 9.11. The third-order valence-corrected chi connectivity index (χ3v) is 4.67. The van der Waals surface area contributed by atoms with Crippen molar-refractivity contribution < 1.29 is 18.9 Å². The average Bonchev–Trinajstić information content (AvgIpc) is 3.41. The van der Waals surface area contributed by atoms with Crippen molar-refractivity contribution in [1.29, 1.82) is 0 Å². The van der Waals surface area contributed by atoms with E-state index in [-0.39, 0.29) is 29.7 Å². The number of amides is 2. The largest absolute Gasteiger partial charge is 0.468 e. The molecule has 28 heavy (non-hydrogen) atoms. The number of non-ortho nitro benzene ring substituents is 1. The van der Waals surface area contributed by atoms with Gasteiger partial charge in [0.2, 0.25) is 5.91 Å². The summed E-state index contributed by atoms with van der Waals surface area (Å²) < 4.78 is 5.51. The zero-order valence-corrected chi connectivity index (χ0v) is 15.3. The second kappa shape index (κ2) is 9.14. The molecule has 1 saturated heterocycles. The number of nitro groups is 1. The van der Waals surface area contributed by atoms with Crippen molar-refractivity contribution in [3.05, 3.63) is 64.1 Å². The van der Waals surface area contributed by atoms with Crippen molar-refractivity contribution in [1.82, 2.24) is 15.5 Å². The quantitative estimate of drug-likeness (QED) is 0.528. The van der Waals surface area contributed by atoms with E-state index in [4.69, 9.17) is 4.42 Å². The van der Waals surface area contributed by atoms with Gasteiger partial charge in [-0.1, -0.05) is 6.07 Å². The fraction of sp³-hybridized carbons (Fsp3) is 0.368. The Morgan fingerprint density at radius 1 is 1.18 bits per heavy atom. The number of carbonyl (C=O) groups excluding carboxylic acids is 2. The van der Waals surface area contributed by atoms with E-state index in [0.29, 0.717) is 6.54 Å². The molecule has 1 aromatic heterocycles. The van der Waals surface area contributed by atoms with Gasteiger partial charge in [0, 0.05) is 24.2 Å². The maximum Gasteiger partial charge on any atom is 0.270 e. The monoisotopic (exact) mass is 386 g/mol. The molecule has 0 spiro atoms. The maximum absolute atomic E-state index is 12.2. The van der Waals surface area contributed by atoms with Crippen LogP contribution in [0, 0.1) is 10.1 Å². The van der Waals surface area contributed by atoms with Crippen LogP contribution in [0.2, 0.25) is 0 Å². The first-order chi connectivity index (χ1) is 13.5. The fourth-order valence-corrected chi connectivity index (χ4v) is 3.24. The van der Waals surface area contributed by atoms with Crippen LogP contribution in [0.1, 0.15) is 35.0 Å². The summed E-state index contributed by atoms with van der Waals surface area (Å²) in [6, 6.07) is 9.02. The van der Waals surface area contributed by atoms with E-state index in [1.807, 2.05) is 12.1 Å². The summed E-state index contributed by atoms with van der Waals surface area (Å²) >= 11 is 0. The molecule has 0 bridgehead atoms. The molecule has 1 atom stereocenters. The van der Waals surface area contributed by atoms with Crippen molar-refractivity contribution >= 4 is 17.5 Å². The van der Waals surface area contributed by atoms with Crippen LogP contribution in [0.5, 0.6) is 0 Å². The minimum absolute atomic E-state index is 0.0473. The first-order valence-electron chi connectivity index (χ1n) is 9.11. The molecule has 0 radical (unpaired) electrons. The van der Waals surface area contributed by atoms with Gasteiger partial charge in [0.25, 0.3) is 11.6 Å². The smallest absolute Gasteiger partial charge is 0.270 e. The molecular weight excluding hydrogens is 364 g/mol. The average molecular weight is 386 g/mol. The molecule has 1 aromatic carbocycles. The summed E-state index contributed by atoms with van der Waals surface area (Å²) in [5, 5.41) is 16.1. The first kappa shape index (κ1) is 19.6. The summed E-state index contributed by atoms with van der Waals surface area (Å²) in [5.41, 5.74) is -0.0449. The van der Waals surface area contributed by atoms with E-state index >= 15 is 0 Å². The van der Waals surface area contributed by atoms with E-state index in [2.05, 4.69) is 15.5 Å². The van der Waals surface area contributed by atoms with E-state index in [1.54, 1.807) is 6.26 Å². The lowest BCUT2D eigenvalue weighted by Gasteiger charge is -2.26. The van der Waals surface area contributed by atoms with Gasteiger partial charge in [0.15, 0.2) is 0 Å². The third-order valence-electron chi connectivity index (χ3n) is 4.67. The molecule has 9 heteroatoms. The van der Waals surface area contributed by atoms with Crippen LogP contribution in [-0.4, -0.2) is 47.8 Å². The van der Waals surface area contributed by atoms with Gasteiger partial charge in [0.05, 0.1) is 23.8 Å². The Hall–Kier alpha value is -3.20. The molecule has 3 rings (SSSR count). The SMILES string of the molecule is O=C(CNC(=O)c1cccc([N+](=O)[O-])c1)NCC(c1ccco1)N1CCCC1. The van der Waals surface area contributed by atoms with Gasteiger partial charge in [-0.25, -0.2) is 0 Å². The second-order valence-corrected chi connectivity index (χ2v) is 6.57. The highest BCUT2D eigenvalue weighted by atomic mass is 16.6. The normalized spacial score (nSPS) is 15.1. The predicted molar refractivity (Wildman–Crippen MR) is 101 cm³/mol.